The monoisotopic (exact) mass is 223 g/mol. The third kappa shape index (κ3) is 1.51. The first-order chi connectivity index (χ1) is 7.27. The minimum atomic E-state index is 0.200. The Morgan fingerprint density at radius 3 is 2.67 bits per heavy atom. The lowest BCUT2D eigenvalue weighted by atomic mass is 10.1. The Labute approximate surface area is 91.0 Å². The summed E-state index contributed by atoms with van der Waals surface area (Å²) in [6, 6.07) is 3.34. The van der Waals surface area contributed by atoms with Crippen molar-refractivity contribution >= 4 is 17.9 Å². The lowest BCUT2D eigenvalue weighted by Gasteiger charge is -2.21. The van der Waals surface area contributed by atoms with Crippen LogP contribution in [-0.2, 0) is 0 Å². The van der Waals surface area contributed by atoms with Crippen LogP contribution >= 0.6 is 11.6 Å². The molecule has 0 amide bonds. The number of carbonyl (C=O) groups is 1. The summed E-state index contributed by atoms with van der Waals surface area (Å²) < 4.78 is 10.6. The Morgan fingerprint density at radius 2 is 2.07 bits per heavy atom. The van der Waals surface area contributed by atoms with Gasteiger partial charge in [-0.1, -0.05) is 11.6 Å². The molecule has 76 valence electrons. The highest BCUT2D eigenvalue weighted by atomic mass is 35.5. The number of aldehydes is 1. The molecule has 4 nitrogen and oxygen atoms in total. The molecule has 1 aliphatic heterocycles. The third-order valence-electron chi connectivity index (χ3n) is 2.04. The predicted molar refractivity (Wildman–Crippen MR) is 52.5 cm³/mol. The second-order valence-corrected chi connectivity index (χ2v) is 3.31. The second kappa shape index (κ2) is 3.79. The summed E-state index contributed by atoms with van der Waals surface area (Å²) >= 11 is 5.83. The highest BCUT2D eigenvalue weighted by Gasteiger charge is 2.22. The summed E-state index contributed by atoms with van der Waals surface area (Å²) in [6.45, 7) is 0.709. The lowest BCUT2D eigenvalue weighted by molar-refractivity contribution is 0.111. The normalized spacial score (nSPS) is 13.1. The zero-order valence-electron chi connectivity index (χ0n) is 7.62. The van der Waals surface area contributed by atoms with E-state index in [9.17, 15) is 4.79 Å². The number of rotatable bonds is 1. The molecular formula is C10H6ClNO3. The van der Waals surface area contributed by atoms with E-state index in [2.05, 4.69) is 0 Å². The highest BCUT2D eigenvalue weighted by Crippen LogP contribution is 2.39. The fourth-order valence-electron chi connectivity index (χ4n) is 1.39. The van der Waals surface area contributed by atoms with Crippen LogP contribution in [-0.4, -0.2) is 19.5 Å². The number of nitriles is 1. The summed E-state index contributed by atoms with van der Waals surface area (Å²) in [5, 5.41) is 9.05. The van der Waals surface area contributed by atoms with Gasteiger partial charge in [-0.15, -0.1) is 0 Å². The van der Waals surface area contributed by atoms with Crippen LogP contribution in [0.3, 0.4) is 0 Å². The minimum absolute atomic E-state index is 0.200. The molecule has 1 aromatic rings. The van der Waals surface area contributed by atoms with Crippen molar-refractivity contribution in [1.82, 2.24) is 0 Å². The van der Waals surface area contributed by atoms with Crippen LogP contribution in [0.1, 0.15) is 15.9 Å². The molecule has 5 heteroatoms. The Kier molecular flexibility index (Phi) is 2.48. The molecular weight excluding hydrogens is 218 g/mol. The molecule has 0 fully saturated rings. The number of carbonyl (C=O) groups excluding carboxylic acids is 1. The van der Waals surface area contributed by atoms with Crippen molar-refractivity contribution in [2.45, 2.75) is 0 Å². The van der Waals surface area contributed by atoms with Gasteiger partial charge in [-0.05, 0) is 6.07 Å². The van der Waals surface area contributed by atoms with E-state index in [4.69, 9.17) is 26.3 Å². The number of halogens is 1. The Morgan fingerprint density at radius 1 is 1.40 bits per heavy atom. The number of nitrogens with zero attached hydrogens (tertiary/aromatic N) is 1. The molecule has 1 aromatic carbocycles. The maximum absolute atomic E-state index is 10.8. The summed E-state index contributed by atoms with van der Waals surface area (Å²) in [6.07, 6.45) is 0.594. The van der Waals surface area contributed by atoms with E-state index in [1.165, 1.54) is 6.07 Å². The first-order valence-electron chi connectivity index (χ1n) is 4.25. The van der Waals surface area contributed by atoms with Gasteiger partial charge in [0.2, 0.25) is 0 Å². The van der Waals surface area contributed by atoms with Crippen LogP contribution < -0.4 is 9.47 Å². The standard InChI is InChI=1S/C10H6ClNO3/c11-8-3-6(4-12)9-10(7(8)5-13)15-2-1-14-9/h3,5H,1-2H2. The average Bonchev–Trinajstić information content (AvgIpc) is 2.28. The van der Waals surface area contributed by atoms with E-state index in [0.717, 1.165) is 0 Å². The van der Waals surface area contributed by atoms with E-state index in [1.54, 1.807) is 0 Å². The van der Waals surface area contributed by atoms with Gasteiger partial charge in [0.1, 0.15) is 19.3 Å². The van der Waals surface area contributed by atoms with Crippen molar-refractivity contribution in [3.8, 4) is 17.6 Å². The number of hydrogen-bond acceptors (Lipinski definition) is 4. The van der Waals surface area contributed by atoms with Crippen molar-refractivity contribution < 1.29 is 14.3 Å². The van der Waals surface area contributed by atoms with Crippen LogP contribution in [0.2, 0.25) is 5.02 Å². The molecule has 1 heterocycles. The second-order valence-electron chi connectivity index (χ2n) is 2.90. The van der Waals surface area contributed by atoms with Crippen molar-refractivity contribution in [2.24, 2.45) is 0 Å². The van der Waals surface area contributed by atoms with E-state index in [-0.39, 0.29) is 21.9 Å². The summed E-state index contributed by atoms with van der Waals surface area (Å²) in [5.74, 6) is 0.565. The van der Waals surface area contributed by atoms with Gasteiger partial charge in [-0.3, -0.25) is 4.79 Å². The number of benzene rings is 1. The topological polar surface area (TPSA) is 59.3 Å². The summed E-state index contributed by atoms with van der Waals surface area (Å²) in [5.41, 5.74) is 0.505. The first kappa shape index (κ1) is 9.81. The molecule has 1 aliphatic rings. The zero-order chi connectivity index (χ0) is 10.8. The van der Waals surface area contributed by atoms with Gasteiger partial charge in [0, 0.05) is 0 Å². The maximum Gasteiger partial charge on any atom is 0.179 e. The smallest absolute Gasteiger partial charge is 0.179 e. The van der Waals surface area contributed by atoms with Gasteiger partial charge in [0.25, 0.3) is 0 Å². The minimum Gasteiger partial charge on any atom is -0.485 e. The van der Waals surface area contributed by atoms with Crippen LogP contribution in [0.4, 0.5) is 0 Å². The van der Waals surface area contributed by atoms with E-state index < -0.39 is 0 Å². The number of hydrogen-bond donors (Lipinski definition) is 0. The van der Waals surface area contributed by atoms with Crippen molar-refractivity contribution in [2.75, 3.05) is 13.2 Å². The third-order valence-corrected chi connectivity index (χ3v) is 2.35. The quantitative estimate of drug-likeness (QED) is 0.681. The molecule has 2 rings (SSSR count). The van der Waals surface area contributed by atoms with Gasteiger partial charge < -0.3 is 9.47 Å². The zero-order valence-corrected chi connectivity index (χ0v) is 8.37. The summed E-state index contributed by atoms with van der Waals surface area (Å²) in [7, 11) is 0. The van der Waals surface area contributed by atoms with Gasteiger partial charge in [0.15, 0.2) is 17.8 Å². The molecule has 0 aliphatic carbocycles. The van der Waals surface area contributed by atoms with E-state index >= 15 is 0 Å². The molecule has 0 N–H and O–H groups in total. The van der Waals surface area contributed by atoms with Crippen LogP contribution in [0.15, 0.2) is 6.07 Å². The molecule has 0 bridgehead atoms. The Balaban J connectivity index is 2.72. The fraction of sp³-hybridized carbons (Fsp3) is 0.200. The Bertz CT molecular complexity index is 465. The van der Waals surface area contributed by atoms with Gasteiger partial charge in [-0.2, -0.15) is 5.26 Å². The summed E-state index contributed by atoms with van der Waals surface area (Å²) in [4.78, 5) is 10.8. The molecule has 0 spiro atoms. The SMILES string of the molecule is N#Cc1cc(Cl)c(C=O)c2c1OCCO2. The molecule has 0 saturated carbocycles. The average molecular weight is 224 g/mol. The van der Waals surface area contributed by atoms with Crippen molar-refractivity contribution in [1.29, 1.82) is 5.26 Å². The number of fused-ring (bicyclic) bond motifs is 1. The largest absolute Gasteiger partial charge is 0.485 e. The van der Waals surface area contributed by atoms with Gasteiger partial charge in [-0.25, -0.2) is 0 Å². The van der Waals surface area contributed by atoms with Crippen LogP contribution in [0, 0.1) is 11.3 Å². The number of ether oxygens (including phenoxy) is 2. The molecule has 15 heavy (non-hydrogen) atoms. The van der Waals surface area contributed by atoms with Gasteiger partial charge >= 0.3 is 0 Å². The van der Waals surface area contributed by atoms with E-state index in [1.807, 2.05) is 6.07 Å². The van der Waals surface area contributed by atoms with E-state index in [0.29, 0.717) is 25.2 Å². The molecule has 0 radical (unpaired) electrons. The molecule has 0 saturated heterocycles. The van der Waals surface area contributed by atoms with Crippen molar-refractivity contribution in [3.63, 3.8) is 0 Å². The predicted octanol–water partition coefficient (Wildman–Crippen LogP) is 1.80. The fourth-order valence-corrected chi connectivity index (χ4v) is 1.63. The molecule has 0 unspecified atom stereocenters. The highest BCUT2D eigenvalue weighted by molar-refractivity contribution is 6.33. The first-order valence-corrected chi connectivity index (χ1v) is 4.63. The van der Waals surface area contributed by atoms with Crippen LogP contribution in [0.5, 0.6) is 11.5 Å². The van der Waals surface area contributed by atoms with Crippen molar-refractivity contribution in [3.05, 3.63) is 22.2 Å². The Hall–Kier alpha value is -1.73. The molecule has 0 atom stereocenters. The molecule has 0 aromatic heterocycles. The van der Waals surface area contributed by atoms with Crippen LogP contribution in [0.25, 0.3) is 0 Å². The maximum atomic E-state index is 10.8. The lowest BCUT2D eigenvalue weighted by Crippen LogP contribution is -2.17. The van der Waals surface area contributed by atoms with Gasteiger partial charge in [0.05, 0.1) is 16.1 Å².